The van der Waals surface area contributed by atoms with E-state index in [1.807, 2.05) is 37.3 Å². The SMILES string of the molecule is CC[C@@H]1CN(S(=O)(=O)c2c(C)noc2C)CC[C@H]1CC(=O)Nc1ccccc1. The average Bonchev–Trinajstić information content (AvgIpc) is 3.01. The van der Waals surface area contributed by atoms with E-state index in [2.05, 4.69) is 10.5 Å². The number of benzene rings is 1. The van der Waals surface area contributed by atoms with Gasteiger partial charge in [0.05, 0.1) is 0 Å². The summed E-state index contributed by atoms with van der Waals surface area (Å²) in [4.78, 5) is 12.6. The highest BCUT2D eigenvalue weighted by atomic mass is 32.2. The fourth-order valence-electron chi connectivity index (χ4n) is 3.94. The quantitative estimate of drug-likeness (QED) is 0.795. The van der Waals surface area contributed by atoms with Crippen molar-refractivity contribution in [2.24, 2.45) is 11.8 Å². The molecule has 0 saturated carbocycles. The second-order valence-electron chi connectivity index (χ2n) is 7.35. The number of hydrogen-bond acceptors (Lipinski definition) is 5. The lowest BCUT2D eigenvalue weighted by atomic mass is 9.82. The van der Waals surface area contributed by atoms with Gasteiger partial charge in [-0.15, -0.1) is 0 Å². The van der Waals surface area contributed by atoms with Gasteiger partial charge in [-0.05, 0) is 44.2 Å². The van der Waals surface area contributed by atoms with Crippen molar-refractivity contribution < 1.29 is 17.7 Å². The van der Waals surface area contributed by atoms with E-state index in [-0.39, 0.29) is 22.6 Å². The van der Waals surface area contributed by atoms with E-state index in [1.165, 1.54) is 4.31 Å². The fourth-order valence-corrected chi connectivity index (χ4v) is 5.74. The maximum absolute atomic E-state index is 13.1. The Labute approximate surface area is 166 Å². The number of anilines is 1. The van der Waals surface area contributed by atoms with Crippen molar-refractivity contribution >= 4 is 21.6 Å². The highest BCUT2D eigenvalue weighted by Gasteiger charge is 2.38. The molecule has 7 nitrogen and oxygen atoms in total. The monoisotopic (exact) mass is 405 g/mol. The van der Waals surface area contributed by atoms with Crippen molar-refractivity contribution in [3.8, 4) is 0 Å². The summed E-state index contributed by atoms with van der Waals surface area (Å²) < 4.78 is 32.7. The van der Waals surface area contributed by atoms with Crippen LogP contribution in [0.3, 0.4) is 0 Å². The minimum Gasteiger partial charge on any atom is -0.360 e. The van der Waals surface area contributed by atoms with Crippen molar-refractivity contribution in [3.63, 3.8) is 0 Å². The van der Waals surface area contributed by atoms with E-state index in [4.69, 9.17) is 4.52 Å². The number of carbonyl (C=O) groups is 1. The van der Waals surface area contributed by atoms with Crippen LogP contribution in [0, 0.1) is 25.7 Å². The van der Waals surface area contributed by atoms with Crippen LogP contribution in [0.2, 0.25) is 0 Å². The number of aryl methyl sites for hydroxylation is 2. The number of nitrogens with zero attached hydrogens (tertiary/aromatic N) is 2. The number of piperidine rings is 1. The zero-order chi connectivity index (χ0) is 20.3. The number of para-hydroxylation sites is 1. The third kappa shape index (κ3) is 4.28. The molecule has 1 saturated heterocycles. The van der Waals surface area contributed by atoms with Gasteiger partial charge in [-0.3, -0.25) is 4.79 Å². The first-order valence-electron chi connectivity index (χ1n) is 9.60. The molecule has 1 aromatic heterocycles. The van der Waals surface area contributed by atoms with Crippen LogP contribution in [-0.2, 0) is 14.8 Å². The lowest BCUT2D eigenvalue weighted by Gasteiger charge is -2.37. The highest BCUT2D eigenvalue weighted by Crippen LogP contribution is 2.33. The molecule has 8 heteroatoms. The van der Waals surface area contributed by atoms with Gasteiger partial charge in [0.15, 0.2) is 5.76 Å². The maximum Gasteiger partial charge on any atom is 0.248 e. The Bertz CT molecular complexity index is 905. The number of carbonyl (C=O) groups excluding carboxylic acids is 1. The molecule has 2 heterocycles. The first-order chi connectivity index (χ1) is 13.3. The summed E-state index contributed by atoms with van der Waals surface area (Å²) in [7, 11) is -3.65. The number of hydrogen-bond donors (Lipinski definition) is 1. The largest absolute Gasteiger partial charge is 0.360 e. The summed E-state index contributed by atoms with van der Waals surface area (Å²) in [5.74, 6) is 0.571. The Kier molecular flexibility index (Phi) is 6.20. The third-order valence-corrected chi connectivity index (χ3v) is 7.56. The van der Waals surface area contributed by atoms with Crippen LogP contribution in [0.25, 0.3) is 0 Å². The molecule has 1 aromatic carbocycles. The highest BCUT2D eigenvalue weighted by molar-refractivity contribution is 7.89. The predicted molar refractivity (Wildman–Crippen MR) is 106 cm³/mol. The van der Waals surface area contributed by atoms with Crippen LogP contribution in [0.15, 0.2) is 39.8 Å². The lowest BCUT2D eigenvalue weighted by molar-refractivity contribution is -0.117. The summed E-state index contributed by atoms with van der Waals surface area (Å²) in [5.41, 5.74) is 1.16. The predicted octanol–water partition coefficient (Wildman–Crippen LogP) is 3.36. The van der Waals surface area contributed by atoms with Crippen molar-refractivity contribution in [2.75, 3.05) is 18.4 Å². The molecule has 0 unspecified atom stereocenters. The molecule has 28 heavy (non-hydrogen) atoms. The van der Waals surface area contributed by atoms with Gasteiger partial charge in [0.25, 0.3) is 0 Å². The van der Waals surface area contributed by atoms with Gasteiger partial charge >= 0.3 is 0 Å². The Morgan fingerprint density at radius 1 is 1.25 bits per heavy atom. The summed E-state index contributed by atoms with van der Waals surface area (Å²) in [6, 6.07) is 9.37. The first-order valence-corrected chi connectivity index (χ1v) is 11.0. The van der Waals surface area contributed by atoms with Crippen molar-refractivity contribution in [2.45, 2.75) is 44.9 Å². The van der Waals surface area contributed by atoms with Gasteiger partial charge < -0.3 is 9.84 Å². The second kappa shape index (κ2) is 8.45. The van der Waals surface area contributed by atoms with Crippen LogP contribution in [0.5, 0.6) is 0 Å². The number of nitrogens with one attached hydrogen (secondary N) is 1. The first kappa shape index (κ1) is 20.5. The molecule has 1 amide bonds. The van der Waals surface area contributed by atoms with Gasteiger partial charge in [0.1, 0.15) is 10.6 Å². The topological polar surface area (TPSA) is 92.5 Å². The number of sulfonamides is 1. The van der Waals surface area contributed by atoms with E-state index in [9.17, 15) is 13.2 Å². The molecule has 0 aliphatic carbocycles. The van der Waals surface area contributed by atoms with Gasteiger partial charge in [-0.1, -0.05) is 36.7 Å². The summed E-state index contributed by atoms with van der Waals surface area (Å²) >= 11 is 0. The maximum atomic E-state index is 13.1. The molecule has 3 rings (SSSR count). The fraction of sp³-hybridized carbons (Fsp3) is 0.500. The lowest BCUT2D eigenvalue weighted by Crippen LogP contribution is -2.44. The summed E-state index contributed by atoms with van der Waals surface area (Å²) in [6.45, 7) is 6.10. The Morgan fingerprint density at radius 3 is 2.57 bits per heavy atom. The van der Waals surface area contributed by atoms with E-state index in [0.29, 0.717) is 37.4 Å². The molecule has 1 N–H and O–H groups in total. The number of aromatic nitrogens is 1. The molecule has 1 aliphatic heterocycles. The van der Waals surface area contributed by atoms with Crippen LogP contribution < -0.4 is 5.32 Å². The molecule has 0 radical (unpaired) electrons. The standard InChI is InChI=1S/C20H27N3O4S/c1-4-16-13-23(28(25,26)20-14(2)22-27-15(20)3)11-10-17(16)12-19(24)21-18-8-6-5-7-9-18/h5-9,16-17H,4,10-13H2,1-3H3,(H,21,24)/t16-,17+/m1/s1. The molecule has 1 fully saturated rings. The summed E-state index contributed by atoms with van der Waals surface area (Å²) in [5, 5.41) is 6.70. The molecule has 1 aliphatic rings. The zero-order valence-corrected chi connectivity index (χ0v) is 17.3. The minimum absolute atomic E-state index is 0.0309. The summed E-state index contributed by atoms with van der Waals surface area (Å²) in [6.07, 6.45) is 1.87. The molecule has 0 bridgehead atoms. The van der Waals surface area contributed by atoms with E-state index >= 15 is 0 Å². The van der Waals surface area contributed by atoms with Crippen molar-refractivity contribution in [1.29, 1.82) is 0 Å². The number of rotatable bonds is 6. The molecule has 152 valence electrons. The van der Waals surface area contributed by atoms with E-state index in [0.717, 1.165) is 12.1 Å². The smallest absolute Gasteiger partial charge is 0.248 e. The van der Waals surface area contributed by atoms with Crippen LogP contribution in [0.1, 0.15) is 37.6 Å². The van der Waals surface area contributed by atoms with Crippen LogP contribution >= 0.6 is 0 Å². The molecule has 2 aromatic rings. The van der Waals surface area contributed by atoms with Gasteiger partial charge in [-0.2, -0.15) is 4.31 Å². The van der Waals surface area contributed by atoms with Crippen molar-refractivity contribution in [3.05, 3.63) is 41.8 Å². The zero-order valence-electron chi connectivity index (χ0n) is 16.5. The molecular formula is C20H27N3O4S. The Morgan fingerprint density at radius 2 is 1.96 bits per heavy atom. The molecule has 2 atom stereocenters. The molecular weight excluding hydrogens is 378 g/mol. The van der Waals surface area contributed by atoms with E-state index in [1.54, 1.807) is 13.8 Å². The van der Waals surface area contributed by atoms with Gasteiger partial charge in [0, 0.05) is 25.2 Å². The third-order valence-electron chi connectivity index (χ3n) is 5.45. The average molecular weight is 406 g/mol. The number of amides is 1. The van der Waals surface area contributed by atoms with Gasteiger partial charge in [0.2, 0.25) is 15.9 Å². The normalized spacial score (nSPS) is 20.8. The van der Waals surface area contributed by atoms with Crippen molar-refractivity contribution in [1.82, 2.24) is 9.46 Å². The second-order valence-corrected chi connectivity index (χ2v) is 9.23. The van der Waals surface area contributed by atoms with E-state index < -0.39 is 10.0 Å². The van der Waals surface area contributed by atoms with Crippen LogP contribution in [0.4, 0.5) is 5.69 Å². The Hall–Kier alpha value is -2.19. The molecule has 0 spiro atoms. The van der Waals surface area contributed by atoms with Gasteiger partial charge in [-0.25, -0.2) is 8.42 Å². The minimum atomic E-state index is -3.65. The Balaban J connectivity index is 1.67. The van der Waals surface area contributed by atoms with Crippen LogP contribution in [-0.4, -0.2) is 36.9 Å².